The summed E-state index contributed by atoms with van der Waals surface area (Å²) in [6, 6.07) is 0. The van der Waals surface area contributed by atoms with Gasteiger partial charge in [-0.1, -0.05) is 38.5 Å². The van der Waals surface area contributed by atoms with Crippen LogP contribution in [0.25, 0.3) is 0 Å². The van der Waals surface area contributed by atoms with Crippen molar-refractivity contribution in [2.24, 2.45) is 0 Å². The lowest BCUT2D eigenvalue weighted by atomic mass is 10.0. The predicted molar refractivity (Wildman–Crippen MR) is 66.1 cm³/mol. The summed E-state index contributed by atoms with van der Waals surface area (Å²) in [6.07, 6.45) is 15.3. The highest BCUT2D eigenvalue weighted by Crippen LogP contribution is 2.23. The molecule has 0 aliphatic carbocycles. The van der Waals surface area contributed by atoms with Gasteiger partial charge in [0.15, 0.2) is 6.29 Å². The summed E-state index contributed by atoms with van der Waals surface area (Å²) >= 11 is 0. The summed E-state index contributed by atoms with van der Waals surface area (Å²) in [5.41, 5.74) is 0. The van der Waals surface area contributed by atoms with Crippen LogP contribution in [-0.2, 0) is 9.47 Å². The van der Waals surface area contributed by atoms with E-state index in [2.05, 4.69) is 12.8 Å². The normalized spacial score (nSPS) is 25.2. The van der Waals surface area contributed by atoms with Crippen molar-refractivity contribution in [1.29, 1.82) is 0 Å². The molecular formula is C14H24O2. The lowest BCUT2D eigenvalue weighted by molar-refractivity contribution is -0.188. The van der Waals surface area contributed by atoms with E-state index in [0.717, 1.165) is 6.42 Å². The molecule has 1 aliphatic rings. The second-order valence-corrected chi connectivity index (χ2v) is 4.48. The molecule has 0 aromatic rings. The Hall–Kier alpha value is -0.520. The number of terminal acetylenes is 1. The zero-order chi connectivity index (χ0) is 11.6. The molecule has 0 amide bonds. The van der Waals surface area contributed by atoms with Gasteiger partial charge < -0.3 is 9.47 Å². The summed E-state index contributed by atoms with van der Waals surface area (Å²) in [4.78, 5) is 0. The average molecular weight is 224 g/mol. The quantitative estimate of drug-likeness (QED) is 0.487. The highest BCUT2D eigenvalue weighted by atomic mass is 16.7. The molecule has 1 heterocycles. The van der Waals surface area contributed by atoms with E-state index in [1.54, 1.807) is 0 Å². The zero-order valence-electron chi connectivity index (χ0n) is 10.4. The molecule has 0 radical (unpaired) electrons. The molecule has 0 bridgehead atoms. The molecule has 2 heteroatoms. The second kappa shape index (κ2) is 8.61. The molecule has 1 aliphatic heterocycles. The maximum absolute atomic E-state index is 5.85. The van der Waals surface area contributed by atoms with E-state index in [-0.39, 0.29) is 6.29 Å². The molecule has 1 saturated heterocycles. The molecule has 2 atom stereocenters. The van der Waals surface area contributed by atoms with Crippen LogP contribution in [0.1, 0.15) is 58.3 Å². The highest BCUT2D eigenvalue weighted by Gasteiger charge is 2.21. The van der Waals surface area contributed by atoms with Crippen LogP contribution in [0.15, 0.2) is 0 Å². The van der Waals surface area contributed by atoms with Gasteiger partial charge in [0.2, 0.25) is 0 Å². The van der Waals surface area contributed by atoms with Crippen molar-refractivity contribution in [1.82, 2.24) is 0 Å². The Morgan fingerprint density at radius 2 is 2.19 bits per heavy atom. The fourth-order valence-electron chi connectivity index (χ4n) is 2.14. The molecule has 0 N–H and O–H groups in total. The molecule has 1 fully saturated rings. The Kier molecular flexibility index (Phi) is 7.29. The van der Waals surface area contributed by atoms with Crippen molar-refractivity contribution in [2.45, 2.75) is 70.7 Å². The monoisotopic (exact) mass is 224 g/mol. The molecule has 0 aromatic heterocycles. The molecule has 16 heavy (non-hydrogen) atoms. The van der Waals surface area contributed by atoms with Crippen LogP contribution in [0.4, 0.5) is 0 Å². The van der Waals surface area contributed by atoms with Gasteiger partial charge in [0.1, 0.15) is 6.61 Å². The van der Waals surface area contributed by atoms with Crippen molar-refractivity contribution in [3.63, 3.8) is 0 Å². The first kappa shape index (κ1) is 13.5. The predicted octanol–water partition coefficient (Wildman–Crippen LogP) is 3.50. The van der Waals surface area contributed by atoms with Gasteiger partial charge in [0, 0.05) is 0 Å². The minimum atomic E-state index is -0.0547. The molecule has 0 spiro atoms. The van der Waals surface area contributed by atoms with Gasteiger partial charge in [-0.3, -0.25) is 0 Å². The van der Waals surface area contributed by atoms with Crippen molar-refractivity contribution in [2.75, 3.05) is 6.61 Å². The number of hydrogen-bond donors (Lipinski definition) is 0. The number of ether oxygens (including phenoxy) is 2. The number of unbranched alkanes of at least 4 members (excludes halogenated alkanes) is 3. The van der Waals surface area contributed by atoms with E-state index in [0.29, 0.717) is 12.7 Å². The van der Waals surface area contributed by atoms with E-state index in [1.165, 1.54) is 44.9 Å². The lowest BCUT2D eigenvalue weighted by Gasteiger charge is -2.29. The number of hydrogen-bond acceptors (Lipinski definition) is 2. The van der Waals surface area contributed by atoms with E-state index in [4.69, 9.17) is 15.9 Å². The van der Waals surface area contributed by atoms with Crippen LogP contribution in [0.2, 0.25) is 0 Å². The Bertz CT molecular complexity index is 207. The lowest BCUT2D eigenvalue weighted by Crippen LogP contribution is -2.29. The third kappa shape index (κ3) is 5.53. The Balaban J connectivity index is 2.10. The Morgan fingerprint density at radius 1 is 1.31 bits per heavy atom. The summed E-state index contributed by atoms with van der Waals surface area (Å²) in [5.74, 6) is 2.49. The standard InChI is InChI=1S/C14H24O2/c1-3-5-6-7-9-13-10-8-11-14(16-13)15-12-4-2/h2,13-14H,3,5-12H2,1H3/t13-,14+/m0/s1. The zero-order valence-corrected chi connectivity index (χ0v) is 10.4. The molecule has 2 nitrogen and oxygen atoms in total. The third-order valence-electron chi connectivity index (χ3n) is 3.04. The van der Waals surface area contributed by atoms with Crippen molar-refractivity contribution < 1.29 is 9.47 Å². The fourth-order valence-corrected chi connectivity index (χ4v) is 2.14. The minimum absolute atomic E-state index is 0.0547. The van der Waals surface area contributed by atoms with Gasteiger partial charge in [0.05, 0.1) is 6.10 Å². The molecule has 0 saturated carbocycles. The first-order chi connectivity index (χ1) is 7.86. The van der Waals surface area contributed by atoms with Crippen molar-refractivity contribution in [3.05, 3.63) is 0 Å². The van der Waals surface area contributed by atoms with Gasteiger partial charge in [-0.15, -0.1) is 6.42 Å². The molecule has 0 aromatic carbocycles. The summed E-state index contributed by atoms with van der Waals surface area (Å²) in [6.45, 7) is 2.61. The molecule has 1 rings (SSSR count). The topological polar surface area (TPSA) is 18.5 Å². The van der Waals surface area contributed by atoms with Gasteiger partial charge in [-0.25, -0.2) is 0 Å². The van der Waals surface area contributed by atoms with Gasteiger partial charge in [-0.2, -0.15) is 0 Å². The SMILES string of the molecule is C#CCO[C@H]1CCC[C@H](CCCCCC)O1. The van der Waals surface area contributed by atoms with Crippen molar-refractivity contribution >= 4 is 0 Å². The largest absolute Gasteiger partial charge is 0.349 e. The fraction of sp³-hybridized carbons (Fsp3) is 0.857. The molecular weight excluding hydrogens is 200 g/mol. The van der Waals surface area contributed by atoms with Gasteiger partial charge >= 0.3 is 0 Å². The Labute approximate surface area is 99.7 Å². The van der Waals surface area contributed by atoms with Gasteiger partial charge in [0.25, 0.3) is 0 Å². The third-order valence-corrected chi connectivity index (χ3v) is 3.04. The summed E-state index contributed by atoms with van der Waals surface area (Å²) < 4.78 is 11.3. The average Bonchev–Trinajstić information content (AvgIpc) is 2.33. The Morgan fingerprint density at radius 3 is 2.94 bits per heavy atom. The first-order valence-corrected chi connectivity index (χ1v) is 6.57. The van der Waals surface area contributed by atoms with Gasteiger partial charge in [-0.05, 0) is 25.7 Å². The second-order valence-electron chi connectivity index (χ2n) is 4.48. The van der Waals surface area contributed by atoms with E-state index < -0.39 is 0 Å². The van der Waals surface area contributed by atoms with E-state index in [1.807, 2.05) is 0 Å². The van der Waals surface area contributed by atoms with Crippen LogP contribution in [0.3, 0.4) is 0 Å². The van der Waals surface area contributed by atoms with Crippen LogP contribution < -0.4 is 0 Å². The minimum Gasteiger partial charge on any atom is -0.349 e. The summed E-state index contributed by atoms with van der Waals surface area (Å²) in [7, 11) is 0. The van der Waals surface area contributed by atoms with Crippen LogP contribution in [0, 0.1) is 12.3 Å². The van der Waals surface area contributed by atoms with Crippen molar-refractivity contribution in [3.8, 4) is 12.3 Å². The smallest absolute Gasteiger partial charge is 0.159 e. The van der Waals surface area contributed by atoms with E-state index >= 15 is 0 Å². The van der Waals surface area contributed by atoms with Crippen LogP contribution in [-0.4, -0.2) is 19.0 Å². The maximum atomic E-state index is 5.85. The first-order valence-electron chi connectivity index (χ1n) is 6.57. The van der Waals surface area contributed by atoms with Crippen LogP contribution in [0.5, 0.6) is 0 Å². The molecule has 0 unspecified atom stereocenters. The maximum Gasteiger partial charge on any atom is 0.159 e. The molecule has 92 valence electrons. The summed E-state index contributed by atoms with van der Waals surface area (Å²) in [5, 5.41) is 0. The highest BCUT2D eigenvalue weighted by molar-refractivity contribution is 4.83. The number of rotatable bonds is 7. The van der Waals surface area contributed by atoms with E-state index in [9.17, 15) is 0 Å². The van der Waals surface area contributed by atoms with Crippen LogP contribution >= 0.6 is 0 Å².